The van der Waals surface area contributed by atoms with Crippen LogP contribution < -0.4 is 0 Å². The van der Waals surface area contributed by atoms with Crippen molar-refractivity contribution in [1.82, 2.24) is 9.97 Å². The molecule has 9 heteroatoms. The Hall–Kier alpha value is -3.23. The molecular weight excluding hydrogens is 455 g/mol. The molecule has 1 saturated carbocycles. The minimum atomic E-state index is -5.08. The Kier molecular flexibility index (Phi) is 7.43. The second-order valence-electron chi connectivity index (χ2n) is 9.11. The van der Waals surface area contributed by atoms with Crippen molar-refractivity contribution in [2.45, 2.75) is 45.7 Å². The number of alkyl halides is 3. The number of allylic oxidation sites excluding steroid dienone is 1. The Balaban J connectivity index is 0.000000406. The number of H-pyrrole nitrogens is 1. The second-order valence-corrected chi connectivity index (χ2v) is 9.11. The first-order valence-corrected chi connectivity index (χ1v) is 10.8. The fourth-order valence-electron chi connectivity index (χ4n) is 3.88. The zero-order chi connectivity index (χ0) is 25.1. The van der Waals surface area contributed by atoms with Gasteiger partial charge in [-0.3, -0.25) is 0 Å². The number of imidazole rings is 1. The number of halogens is 5. The second kappa shape index (κ2) is 9.95. The van der Waals surface area contributed by atoms with Gasteiger partial charge in [-0.15, -0.1) is 0 Å². The normalized spacial score (nSPS) is 16.4. The van der Waals surface area contributed by atoms with Crippen molar-refractivity contribution in [1.29, 1.82) is 0 Å². The predicted octanol–water partition coefficient (Wildman–Crippen LogP) is 7.37. The highest BCUT2D eigenvalue weighted by Gasteiger charge is 2.38. The first-order chi connectivity index (χ1) is 15.9. The highest BCUT2D eigenvalue weighted by Crippen LogP contribution is 2.38. The molecule has 2 N–H and O–H groups in total. The molecule has 34 heavy (non-hydrogen) atoms. The Bertz CT molecular complexity index is 1170. The van der Waals surface area contributed by atoms with Gasteiger partial charge >= 0.3 is 12.1 Å². The molecule has 182 valence electrons. The molecule has 0 atom stereocenters. The third kappa shape index (κ3) is 6.42. The highest BCUT2D eigenvalue weighted by molar-refractivity contribution is 5.83. The van der Waals surface area contributed by atoms with E-state index in [1.165, 1.54) is 43.9 Å². The van der Waals surface area contributed by atoms with Crippen LogP contribution in [-0.2, 0) is 4.79 Å². The van der Waals surface area contributed by atoms with Crippen LogP contribution in [0.4, 0.5) is 22.0 Å². The summed E-state index contributed by atoms with van der Waals surface area (Å²) in [5, 5.41) is 7.12. The van der Waals surface area contributed by atoms with Crippen LogP contribution in [0.15, 0.2) is 42.5 Å². The van der Waals surface area contributed by atoms with E-state index in [1.807, 2.05) is 6.08 Å². The molecular formula is C25H25F5N2O2. The van der Waals surface area contributed by atoms with E-state index in [1.54, 1.807) is 18.2 Å². The first-order valence-electron chi connectivity index (χ1n) is 10.8. The van der Waals surface area contributed by atoms with E-state index in [9.17, 15) is 22.0 Å². The number of aromatic amines is 1. The lowest BCUT2D eigenvalue weighted by atomic mass is 9.73. The van der Waals surface area contributed by atoms with Crippen LogP contribution in [0, 0.1) is 23.0 Å². The van der Waals surface area contributed by atoms with Crippen molar-refractivity contribution < 1.29 is 31.9 Å². The van der Waals surface area contributed by atoms with Crippen molar-refractivity contribution in [3.05, 3.63) is 59.9 Å². The average Bonchev–Trinajstić information content (AvgIpc) is 3.15. The molecule has 3 aromatic rings. The molecule has 0 saturated heterocycles. The van der Waals surface area contributed by atoms with Gasteiger partial charge in [-0.1, -0.05) is 32.1 Å². The number of carbonyl (C=O) groups is 1. The van der Waals surface area contributed by atoms with E-state index in [-0.39, 0.29) is 5.56 Å². The number of hydrogen-bond donors (Lipinski definition) is 2. The van der Waals surface area contributed by atoms with Crippen LogP contribution in [0.3, 0.4) is 0 Å². The van der Waals surface area contributed by atoms with Gasteiger partial charge in [0.05, 0.1) is 16.6 Å². The third-order valence-electron chi connectivity index (χ3n) is 5.90. The van der Waals surface area contributed by atoms with E-state index < -0.39 is 23.8 Å². The molecule has 4 rings (SSSR count). The van der Waals surface area contributed by atoms with Crippen molar-refractivity contribution in [2.75, 3.05) is 0 Å². The van der Waals surface area contributed by atoms with Crippen LogP contribution in [0.5, 0.6) is 0 Å². The molecule has 0 bridgehead atoms. The molecule has 0 amide bonds. The van der Waals surface area contributed by atoms with E-state index in [0.29, 0.717) is 16.9 Å². The maximum atomic E-state index is 14.0. The fraction of sp³-hybridized carbons (Fsp3) is 0.360. The van der Waals surface area contributed by atoms with Crippen LogP contribution in [0.25, 0.3) is 28.2 Å². The molecule has 1 aliphatic carbocycles. The molecule has 1 heterocycles. The minimum Gasteiger partial charge on any atom is -0.475 e. The average molecular weight is 480 g/mol. The Morgan fingerprint density at radius 3 is 2.26 bits per heavy atom. The summed E-state index contributed by atoms with van der Waals surface area (Å²) in [6.45, 7) is 4.67. The monoisotopic (exact) mass is 480 g/mol. The maximum Gasteiger partial charge on any atom is 0.490 e. The maximum absolute atomic E-state index is 14.0. The molecule has 0 spiro atoms. The quantitative estimate of drug-likeness (QED) is 0.385. The van der Waals surface area contributed by atoms with Gasteiger partial charge < -0.3 is 10.1 Å². The Morgan fingerprint density at radius 1 is 1.12 bits per heavy atom. The molecule has 0 unspecified atom stereocenters. The van der Waals surface area contributed by atoms with Crippen molar-refractivity contribution >= 4 is 23.1 Å². The number of aliphatic carboxylic acids is 1. The zero-order valence-electron chi connectivity index (χ0n) is 18.7. The van der Waals surface area contributed by atoms with E-state index in [2.05, 4.69) is 29.9 Å². The van der Waals surface area contributed by atoms with E-state index >= 15 is 0 Å². The number of carboxylic acids is 1. The highest BCUT2D eigenvalue weighted by atomic mass is 19.4. The largest absolute Gasteiger partial charge is 0.490 e. The number of hydrogen-bond acceptors (Lipinski definition) is 2. The summed E-state index contributed by atoms with van der Waals surface area (Å²) in [4.78, 5) is 16.7. The smallest absolute Gasteiger partial charge is 0.475 e. The predicted molar refractivity (Wildman–Crippen MR) is 120 cm³/mol. The van der Waals surface area contributed by atoms with Gasteiger partial charge in [0.1, 0.15) is 17.5 Å². The van der Waals surface area contributed by atoms with Gasteiger partial charge in [0.2, 0.25) is 0 Å². The van der Waals surface area contributed by atoms with Crippen LogP contribution in [-0.4, -0.2) is 27.2 Å². The van der Waals surface area contributed by atoms with Crippen LogP contribution >= 0.6 is 0 Å². The lowest BCUT2D eigenvalue weighted by molar-refractivity contribution is -0.192. The molecule has 1 aromatic heterocycles. The van der Waals surface area contributed by atoms with Gasteiger partial charge in [0.25, 0.3) is 0 Å². The van der Waals surface area contributed by atoms with Gasteiger partial charge in [-0.2, -0.15) is 13.2 Å². The SMILES string of the molecule is CC1(C)CCC(/C=C/c2nc3ccc(-c4c(F)cccc4F)cc3[nH]2)CC1.O=C(O)C(F)(F)F. The molecule has 1 aliphatic rings. The van der Waals surface area contributed by atoms with Gasteiger partial charge in [-0.25, -0.2) is 18.6 Å². The number of nitrogens with zero attached hydrogens (tertiary/aromatic N) is 1. The van der Waals surface area contributed by atoms with Crippen molar-refractivity contribution in [3.63, 3.8) is 0 Å². The summed E-state index contributed by atoms with van der Waals surface area (Å²) in [6, 6.07) is 9.18. The lowest BCUT2D eigenvalue weighted by Crippen LogP contribution is -2.21. The number of aromatic nitrogens is 2. The van der Waals surface area contributed by atoms with Crippen LogP contribution in [0.2, 0.25) is 0 Å². The summed E-state index contributed by atoms with van der Waals surface area (Å²) in [6.07, 6.45) is 4.11. The fourth-order valence-corrected chi connectivity index (χ4v) is 3.88. The lowest BCUT2D eigenvalue weighted by Gasteiger charge is -2.32. The molecule has 0 aliphatic heterocycles. The van der Waals surface area contributed by atoms with E-state index in [4.69, 9.17) is 9.90 Å². The standard InChI is InChI=1S/C23H24F2N2.C2HF3O2/c1-23(2)12-10-15(11-13-23)6-9-21-26-19-8-7-16(14-20(19)27-21)22-17(24)4-3-5-18(22)25;3-2(4,5)1(6)7/h3-9,14-15H,10-13H2,1-2H3,(H,26,27);(H,6,7)/b9-6+;. The van der Waals surface area contributed by atoms with Crippen LogP contribution in [0.1, 0.15) is 45.4 Å². The number of fused-ring (bicyclic) bond motifs is 1. The Morgan fingerprint density at radius 2 is 1.71 bits per heavy atom. The third-order valence-corrected chi connectivity index (χ3v) is 5.90. The Labute approximate surface area is 193 Å². The minimum absolute atomic E-state index is 0.00378. The van der Waals surface area contributed by atoms with E-state index in [0.717, 1.165) is 16.9 Å². The molecule has 2 aromatic carbocycles. The summed E-state index contributed by atoms with van der Waals surface area (Å²) >= 11 is 0. The molecule has 1 fully saturated rings. The number of carboxylic acid groups (broad SMARTS) is 1. The van der Waals surface area contributed by atoms with Gasteiger partial charge in [0.15, 0.2) is 0 Å². The van der Waals surface area contributed by atoms with Crippen molar-refractivity contribution in [3.8, 4) is 11.1 Å². The van der Waals surface area contributed by atoms with Crippen molar-refractivity contribution in [2.24, 2.45) is 11.3 Å². The zero-order valence-corrected chi connectivity index (χ0v) is 18.7. The van der Waals surface area contributed by atoms with Gasteiger partial charge in [-0.05, 0) is 72.9 Å². The summed E-state index contributed by atoms with van der Waals surface area (Å²) in [5.41, 5.74) is 2.53. The summed E-state index contributed by atoms with van der Waals surface area (Å²) < 4.78 is 59.8. The van der Waals surface area contributed by atoms with Gasteiger partial charge in [0, 0.05) is 0 Å². The molecule has 0 radical (unpaired) electrons. The molecule has 4 nitrogen and oxygen atoms in total. The number of benzene rings is 2. The summed E-state index contributed by atoms with van der Waals surface area (Å²) in [7, 11) is 0. The number of nitrogens with one attached hydrogen (secondary N) is 1. The first kappa shape index (κ1) is 25.4. The topological polar surface area (TPSA) is 66.0 Å². The summed E-state index contributed by atoms with van der Waals surface area (Å²) in [5.74, 6) is -2.51. The number of rotatable bonds is 3.